The Balaban J connectivity index is 1.89. The van der Waals surface area contributed by atoms with Gasteiger partial charge < -0.3 is 0 Å². The van der Waals surface area contributed by atoms with Gasteiger partial charge in [-0.05, 0) is 30.0 Å². The molecule has 0 aliphatic carbocycles. The number of carbonyl (C=O) groups is 1. The van der Waals surface area contributed by atoms with Crippen LogP contribution in [0.25, 0.3) is 0 Å². The van der Waals surface area contributed by atoms with Gasteiger partial charge in [0.05, 0.1) is 15.5 Å². The number of carbonyl (C=O) groups excluding carboxylic acids is 1. The monoisotopic (exact) mass is 479 g/mol. The van der Waals surface area contributed by atoms with Crippen molar-refractivity contribution in [1.29, 1.82) is 0 Å². The highest BCUT2D eigenvalue weighted by atomic mass is 32.2. The second-order valence-electron chi connectivity index (χ2n) is 5.95. The van der Waals surface area contributed by atoms with Gasteiger partial charge in [-0.3, -0.25) is 24.5 Å². The van der Waals surface area contributed by atoms with Crippen LogP contribution in [0.4, 0.5) is 16.5 Å². The first-order chi connectivity index (χ1) is 14.8. The van der Waals surface area contributed by atoms with E-state index >= 15 is 0 Å². The Kier molecular flexibility index (Phi) is 7.20. The maximum Gasteiger partial charge on any atom is 0.269 e. The summed E-state index contributed by atoms with van der Waals surface area (Å²) in [7, 11) is -4.11. The largest absolute Gasteiger partial charge is 0.299 e. The van der Waals surface area contributed by atoms with E-state index in [-0.39, 0.29) is 21.4 Å². The molecule has 0 saturated heterocycles. The molecule has 0 fully saturated rings. The third-order valence-electron chi connectivity index (χ3n) is 3.89. The molecule has 0 atom stereocenters. The molecule has 10 nitrogen and oxygen atoms in total. The fourth-order valence-corrected chi connectivity index (χ4v) is 5.61. The van der Waals surface area contributed by atoms with Gasteiger partial charge in [-0.1, -0.05) is 48.2 Å². The Morgan fingerprint density at radius 3 is 2.45 bits per heavy atom. The van der Waals surface area contributed by atoms with Gasteiger partial charge in [0.1, 0.15) is 6.54 Å². The topological polar surface area (TPSA) is 135 Å². The third kappa shape index (κ3) is 5.57. The lowest BCUT2D eigenvalue weighted by atomic mass is 10.3. The Bertz CT molecular complexity index is 1170. The molecule has 0 radical (unpaired) electrons. The van der Waals surface area contributed by atoms with Crippen LogP contribution >= 0.6 is 23.1 Å². The molecular formula is C18H17N5O5S3. The van der Waals surface area contributed by atoms with Crippen LogP contribution in [0.1, 0.15) is 6.92 Å². The number of amides is 1. The van der Waals surface area contributed by atoms with Crippen LogP contribution in [0.15, 0.2) is 63.8 Å². The summed E-state index contributed by atoms with van der Waals surface area (Å²) in [5, 5.41) is 21.5. The summed E-state index contributed by atoms with van der Waals surface area (Å²) in [6, 6.07) is 12.5. The summed E-state index contributed by atoms with van der Waals surface area (Å²) in [6.07, 6.45) is 0. The molecule has 13 heteroatoms. The summed E-state index contributed by atoms with van der Waals surface area (Å²) in [6.45, 7) is 1.41. The van der Waals surface area contributed by atoms with Crippen molar-refractivity contribution < 1.29 is 18.1 Å². The standard InChI is InChI=1S/C18H17N5O5S3/c1-2-29-18-21-20-17(30-18)19-16(24)12-22(13-8-10-14(11-9-13)23(25)26)31(27,28)15-6-4-3-5-7-15/h3-11H,2,12H2,1H3,(H,19,20,24). The third-order valence-corrected chi connectivity index (χ3v) is 7.53. The number of nitrogens with one attached hydrogen (secondary N) is 1. The van der Waals surface area contributed by atoms with Gasteiger partial charge >= 0.3 is 0 Å². The Morgan fingerprint density at radius 2 is 1.84 bits per heavy atom. The maximum absolute atomic E-state index is 13.2. The van der Waals surface area contributed by atoms with Crippen molar-refractivity contribution in [1.82, 2.24) is 10.2 Å². The molecule has 0 saturated carbocycles. The number of non-ortho nitro benzene ring substituents is 1. The normalized spacial score (nSPS) is 11.1. The SMILES string of the molecule is CCSc1nnc(NC(=O)CN(c2ccc([N+](=O)[O-])cc2)S(=O)(=O)c2ccccc2)s1. The van der Waals surface area contributed by atoms with E-state index in [4.69, 9.17) is 0 Å². The molecule has 1 heterocycles. The van der Waals surface area contributed by atoms with Crippen molar-refractivity contribution in [2.45, 2.75) is 16.2 Å². The first kappa shape index (κ1) is 22.7. The van der Waals surface area contributed by atoms with Crippen molar-refractivity contribution in [3.05, 3.63) is 64.7 Å². The van der Waals surface area contributed by atoms with Crippen LogP contribution in [-0.4, -0.2) is 41.7 Å². The summed E-state index contributed by atoms with van der Waals surface area (Å²) in [5.41, 5.74) is -0.0795. The van der Waals surface area contributed by atoms with E-state index in [1.807, 2.05) is 6.92 Å². The molecule has 3 aromatic rings. The number of nitrogens with zero attached hydrogens (tertiary/aromatic N) is 4. The zero-order chi connectivity index (χ0) is 22.4. The average Bonchev–Trinajstić information content (AvgIpc) is 3.19. The van der Waals surface area contributed by atoms with Gasteiger partial charge in [-0.25, -0.2) is 8.42 Å². The number of benzene rings is 2. The van der Waals surface area contributed by atoms with Crippen LogP contribution in [0.2, 0.25) is 0 Å². The van der Waals surface area contributed by atoms with Gasteiger partial charge in [0.15, 0.2) is 4.34 Å². The molecule has 31 heavy (non-hydrogen) atoms. The average molecular weight is 480 g/mol. The van der Waals surface area contributed by atoms with Gasteiger partial charge in [0.25, 0.3) is 15.7 Å². The highest BCUT2D eigenvalue weighted by molar-refractivity contribution is 8.01. The molecule has 1 aromatic heterocycles. The number of nitro groups is 1. The summed E-state index contributed by atoms with van der Waals surface area (Å²) < 4.78 is 28.0. The van der Waals surface area contributed by atoms with Gasteiger partial charge in [0.2, 0.25) is 11.0 Å². The Morgan fingerprint density at radius 1 is 1.16 bits per heavy atom. The van der Waals surface area contributed by atoms with Crippen LogP contribution in [0, 0.1) is 10.1 Å². The summed E-state index contributed by atoms with van der Waals surface area (Å²) in [5.74, 6) is 0.174. The molecule has 0 bridgehead atoms. The lowest BCUT2D eigenvalue weighted by molar-refractivity contribution is -0.384. The number of hydrogen-bond acceptors (Lipinski definition) is 9. The number of nitro benzene ring substituents is 1. The lowest BCUT2D eigenvalue weighted by Gasteiger charge is -2.23. The highest BCUT2D eigenvalue weighted by Gasteiger charge is 2.28. The fraction of sp³-hybridized carbons (Fsp3) is 0.167. The minimum absolute atomic E-state index is 0.0151. The smallest absolute Gasteiger partial charge is 0.269 e. The first-order valence-corrected chi connectivity index (χ1v) is 12.1. The van der Waals surface area contributed by atoms with E-state index in [1.165, 1.54) is 59.5 Å². The minimum Gasteiger partial charge on any atom is -0.299 e. The highest BCUT2D eigenvalue weighted by Crippen LogP contribution is 2.27. The predicted octanol–water partition coefficient (Wildman–Crippen LogP) is 3.39. The van der Waals surface area contributed by atoms with E-state index in [9.17, 15) is 23.3 Å². The maximum atomic E-state index is 13.2. The molecule has 0 unspecified atom stereocenters. The molecule has 1 N–H and O–H groups in total. The second-order valence-corrected chi connectivity index (χ2v) is 10.3. The van der Waals surface area contributed by atoms with E-state index < -0.39 is 27.4 Å². The van der Waals surface area contributed by atoms with E-state index in [0.717, 1.165) is 10.1 Å². The number of aromatic nitrogens is 2. The molecular weight excluding hydrogens is 462 g/mol. The molecule has 0 aliphatic heterocycles. The zero-order valence-corrected chi connectivity index (χ0v) is 18.6. The molecule has 3 rings (SSSR count). The molecule has 162 valence electrons. The number of anilines is 2. The van der Waals surface area contributed by atoms with Crippen molar-refractivity contribution >= 4 is 55.5 Å². The minimum atomic E-state index is -4.11. The van der Waals surface area contributed by atoms with E-state index in [1.54, 1.807) is 18.2 Å². The van der Waals surface area contributed by atoms with Crippen LogP contribution in [0.5, 0.6) is 0 Å². The van der Waals surface area contributed by atoms with Gasteiger partial charge in [0, 0.05) is 12.1 Å². The van der Waals surface area contributed by atoms with Gasteiger partial charge in [-0.15, -0.1) is 10.2 Å². The van der Waals surface area contributed by atoms with Crippen molar-refractivity contribution in [3.8, 4) is 0 Å². The summed E-state index contributed by atoms with van der Waals surface area (Å²) in [4.78, 5) is 22.9. The molecule has 0 aliphatic rings. The Labute approximate surface area is 186 Å². The van der Waals surface area contributed by atoms with Crippen LogP contribution in [-0.2, 0) is 14.8 Å². The first-order valence-electron chi connectivity index (χ1n) is 8.89. The van der Waals surface area contributed by atoms with Crippen molar-refractivity contribution in [3.63, 3.8) is 0 Å². The second kappa shape index (κ2) is 9.85. The zero-order valence-electron chi connectivity index (χ0n) is 16.2. The fourth-order valence-electron chi connectivity index (χ4n) is 2.51. The number of sulfonamides is 1. The number of hydrogen-bond donors (Lipinski definition) is 1. The Hall–Kier alpha value is -3.03. The quantitative estimate of drug-likeness (QED) is 0.213. The van der Waals surface area contributed by atoms with Crippen LogP contribution in [0.3, 0.4) is 0 Å². The number of thioether (sulfide) groups is 1. The van der Waals surface area contributed by atoms with E-state index in [2.05, 4.69) is 15.5 Å². The summed E-state index contributed by atoms with van der Waals surface area (Å²) >= 11 is 2.66. The lowest BCUT2D eigenvalue weighted by Crippen LogP contribution is -2.38. The number of rotatable bonds is 9. The van der Waals surface area contributed by atoms with E-state index in [0.29, 0.717) is 4.34 Å². The predicted molar refractivity (Wildman–Crippen MR) is 119 cm³/mol. The van der Waals surface area contributed by atoms with Crippen molar-refractivity contribution in [2.24, 2.45) is 0 Å². The van der Waals surface area contributed by atoms with Gasteiger partial charge in [-0.2, -0.15) is 0 Å². The molecule has 2 aromatic carbocycles. The van der Waals surface area contributed by atoms with Crippen LogP contribution < -0.4 is 9.62 Å². The van der Waals surface area contributed by atoms with Crippen molar-refractivity contribution in [2.75, 3.05) is 21.9 Å². The molecule has 0 spiro atoms. The molecule has 1 amide bonds.